The van der Waals surface area contributed by atoms with Crippen LogP contribution >= 0.6 is 21.6 Å². The first-order valence-corrected chi connectivity index (χ1v) is 19.6. The number of nitrogens with one attached hydrogen (secondary N) is 2. The summed E-state index contributed by atoms with van der Waals surface area (Å²) in [5.74, 6) is 2.60. The second kappa shape index (κ2) is 16.0. The summed E-state index contributed by atoms with van der Waals surface area (Å²) in [6.45, 7) is 7.92. The molecule has 9 nitrogen and oxygen atoms in total. The number of hydrogen-bond donors (Lipinski definition) is 2. The predicted octanol–water partition coefficient (Wildman–Crippen LogP) is 4.17. The Bertz CT molecular complexity index is 1680. The zero-order chi connectivity index (χ0) is 35.1. The molecule has 4 rings (SSSR count). The summed E-state index contributed by atoms with van der Waals surface area (Å²) in [5.41, 5.74) is -1.98. The molecule has 1 saturated heterocycles. The van der Waals surface area contributed by atoms with Gasteiger partial charge in [0.25, 0.3) is 13.9 Å². The molecule has 1 aromatic heterocycles. The number of aromatic amines is 1. The molecule has 48 heavy (non-hydrogen) atoms. The summed E-state index contributed by atoms with van der Waals surface area (Å²) in [5, 5.41) is 3.51. The molecule has 4 atom stereocenters. The Morgan fingerprint density at radius 1 is 1.10 bits per heavy atom. The number of alkyl halides is 3. The molecular formula is C33H38F3N3O6S2Si. The van der Waals surface area contributed by atoms with Gasteiger partial charge < -0.3 is 19.2 Å². The van der Waals surface area contributed by atoms with Crippen LogP contribution in [0, 0.1) is 11.8 Å². The first kappa shape index (κ1) is 37.6. The van der Waals surface area contributed by atoms with Gasteiger partial charge in [0.05, 0.1) is 19.3 Å². The molecule has 2 heterocycles. The number of benzene rings is 2. The van der Waals surface area contributed by atoms with E-state index in [1.807, 2.05) is 49.6 Å². The quantitative estimate of drug-likeness (QED) is 0.132. The Kier molecular flexibility index (Phi) is 12.5. The first-order valence-electron chi connectivity index (χ1n) is 15.1. The highest BCUT2D eigenvalue weighted by atomic mass is 33.1. The van der Waals surface area contributed by atoms with Crippen LogP contribution in [-0.2, 0) is 18.7 Å². The molecule has 15 heteroatoms. The number of carbonyl (C=O) groups excluding carboxylic acids is 1. The zero-order valence-electron chi connectivity index (χ0n) is 27.1. The Balaban J connectivity index is 1.66. The van der Waals surface area contributed by atoms with Gasteiger partial charge in [-0.25, -0.2) is 4.79 Å². The van der Waals surface area contributed by atoms with Crippen LogP contribution in [-0.4, -0.2) is 67.0 Å². The van der Waals surface area contributed by atoms with E-state index in [1.165, 1.54) is 21.6 Å². The van der Waals surface area contributed by atoms with Crippen LogP contribution in [0.2, 0.25) is 5.04 Å². The number of rotatable bonds is 11. The van der Waals surface area contributed by atoms with Gasteiger partial charge in [0.1, 0.15) is 23.3 Å². The lowest BCUT2D eigenvalue weighted by Crippen LogP contribution is -2.67. The first-order chi connectivity index (χ1) is 22.7. The molecule has 1 aliphatic heterocycles. The van der Waals surface area contributed by atoms with Gasteiger partial charge in [-0.1, -0.05) is 115 Å². The van der Waals surface area contributed by atoms with Crippen molar-refractivity contribution >= 4 is 46.2 Å². The highest BCUT2D eigenvalue weighted by Crippen LogP contribution is 2.39. The largest absolute Gasteiger partial charge is 0.471 e. The molecule has 0 aliphatic carbocycles. The summed E-state index contributed by atoms with van der Waals surface area (Å²) in [6.07, 6.45) is -3.64. The van der Waals surface area contributed by atoms with Crippen molar-refractivity contribution in [3.8, 4) is 11.8 Å². The molecule has 1 fully saturated rings. The molecule has 3 aromatic rings. The molecule has 1 aliphatic rings. The van der Waals surface area contributed by atoms with Crippen molar-refractivity contribution in [1.29, 1.82) is 0 Å². The molecule has 258 valence electrons. The molecule has 2 N–H and O–H groups in total. The molecule has 1 amide bonds. The second-order valence-corrected chi connectivity index (χ2v) is 19.1. The fraction of sp³-hybridized carbons (Fsp3) is 0.424. The van der Waals surface area contributed by atoms with Crippen molar-refractivity contribution in [2.45, 2.75) is 69.2 Å². The minimum absolute atomic E-state index is 0.148. The Morgan fingerprint density at radius 3 is 2.25 bits per heavy atom. The van der Waals surface area contributed by atoms with E-state index in [0.29, 0.717) is 0 Å². The van der Waals surface area contributed by atoms with Crippen molar-refractivity contribution in [3.63, 3.8) is 0 Å². The highest BCUT2D eigenvalue weighted by molar-refractivity contribution is 8.76. The third-order valence-corrected chi connectivity index (χ3v) is 14.7. The van der Waals surface area contributed by atoms with Gasteiger partial charge in [0.15, 0.2) is 0 Å². The van der Waals surface area contributed by atoms with Gasteiger partial charge >= 0.3 is 17.8 Å². The Labute approximate surface area is 285 Å². The number of carbonyl (C=O) groups is 1. The van der Waals surface area contributed by atoms with Crippen LogP contribution in [0.3, 0.4) is 0 Å². The number of H-pyrrole nitrogens is 1. The van der Waals surface area contributed by atoms with E-state index in [1.54, 1.807) is 16.1 Å². The van der Waals surface area contributed by atoms with E-state index in [0.717, 1.165) is 10.4 Å². The van der Waals surface area contributed by atoms with Crippen LogP contribution in [0.25, 0.3) is 0 Å². The van der Waals surface area contributed by atoms with Gasteiger partial charge in [-0.15, -0.1) is 0 Å². The number of halogens is 3. The summed E-state index contributed by atoms with van der Waals surface area (Å²) in [4.78, 5) is 38.7. The lowest BCUT2D eigenvalue weighted by molar-refractivity contribution is -0.173. The monoisotopic (exact) mass is 721 g/mol. The highest BCUT2D eigenvalue weighted by Gasteiger charge is 2.51. The lowest BCUT2D eigenvalue weighted by atomic mass is 10.2. The summed E-state index contributed by atoms with van der Waals surface area (Å²) in [7, 11) is 0.138. The normalized spacial score (nSPS) is 19.0. The summed E-state index contributed by atoms with van der Waals surface area (Å²) >= 11 is 0. The fourth-order valence-electron chi connectivity index (χ4n) is 5.69. The standard InChI is InChI=1S/C33H38F3N3O6S2Si/c1-22(47-46-5)44-26-19-28(39-20-23(29(40)38-31(39)42)13-12-18-37-30(41)33(34,35)36)45-27(26)21-43-48(32(2,3)4,24-14-8-6-9-15-24)25-16-10-7-11-17-25/h6-11,14-17,20,22,26-28H,18-19,21H2,1-5H3,(H,37,41)(H,38,40,42)/t22-,26-,27-,28-/m1/s1. The van der Waals surface area contributed by atoms with Crippen molar-refractivity contribution in [2.75, 3.05) is 19.4 Å². The molecule has 0 saturated carbocycles. The lowest BCUT2D eigenvalue weighted by Gasteiger charge is -2.43. The maximum Gasteiger partial charge on any atom is 0.471 e. The number of hydrogen-bond acceptors (Lipinski definition) is 8. The predicted molar refractivity (Wildman–Crippen MR) is 185 cm³/mol. The van der Waals surface area contributed by atoms with Crippen molar-refractivity contribution in [3.05, 3.63) is 93.3 Å². The van der Waals surface area contributed by atoms with Crippen LogP contribution in [0.1, 0.15) is 45.9 Å². The summed E-state index contributed by atoms with van der Waals surface area (Å²) < 4.78 is 58.6. The minimum atomic E-state index is -5.06. The third kappa shape index (κ3) is 8.85. The fourth-order valence-corrected chi connectivity index (χ4v) is 11.7. The van der Waals surface area contributed by atoms with Crippen LogP contribution < -0.4 is 26.9 Å². The number of nitrogens with zero attached hydrogens (tertiary/aromatic N) is 1. The smallest absolute Gasteiger partial charge is 0.405 e. The van der Waals surface area contributed by atoms with E-state index >= 15 is 0 Å². The summed E-state index contributed by atoms with van der Waals surface area (Å²) in [6, 6.07) is 20.3. The van der Waals surface area contributed by atoms with Gasteiger partial charge in [-0.2, -0.15) is 13.2 Å². The van der Waals surface area contributed by atoms with Crippen molar-refractivity contribution < 1.29 is 31.9 Å². The Morgan fingerprint density at radius 2 is 1.71 bits per heavy atom. The molecule has 0 bridgehead atoms. The van der Waals surface area contributed by atoms with E-state index in [9.17, 15) is 27.6 Å². The van der Waals surface area contributed by atoms with E-state index in [-0.39, 0.29) is 29.1 Å². The van der Waals surface area contributed by atoms with Gasteiger partial charge in [-0.05, 0) is 28.6 Å². The van der Waals surface area contributed by atoms with Crippen molar-refractivity contribution in [1.82, 2.24) is 14.9 Å². The third-order valence-electron chi connectivity index (χ3n) is 7.76. The SMILES string of the molecule is CSS[C@H](C)O[C@@H]1C[C@H](n2cc(C#CCNC(=O)C(F)(F)F)c(=O)[nH]c2=O)O[C@@H]1CO[Si](c1ccccc1)(c1ccccc1)C(C)(C)C. The number of ether oxygens (including phenoxy) is 2. The second-order valence-electron chi connectivity index (χ2n) is 12.0. The number of amides is 1. The Hall–Kier alpha value is -3.26. The van der Waals surface area contributed by atoms with Crippen LogP contribution in [0.15, 0.2) is 76.4 Å². The average molecular weight is 722 g/mol. The van der Waals surface area contributed by atoms with Crippen molar-refractivity contribution in [2.24, 2.45) is 0 Å². The topological polar surface area (TPSA) is 112 Å². The molecular weight excluding hydrogens is 684 g/mol. The molecule has 2 aromatic carbocycles. The number of aromatic nitrogens is 2. The van der Waals surface area contributed by atoms with Gasteiger partial charge in [0, 0.05) is 12.6 Å². The van der Waals surface area contributed by atoms with Gasteiger partial charge in [0.2, 0.25) is 0 Å². The molecule has 0 spiro atoms. The van der Waals surface area contributed by atoms with E-state index < -0.39 is 56.6 Å². The zero-order valence-corrected chi connectivity index (χ0v) is 29.8. The maximum atomic E-state index is 13.0. The molecule has 0 unspecified atom stereocenters. The van der Waals surface area contributed by atoms with Crippen LogP contribution in [0.4, 0.5) is 13.2 Å². The van der Waals surface area contributed by atoms with Gasteiger partial charge in [-0.3, -0.25) is 19.1 Å². The maximum absolute atomic E-state index is 13.0. The minimum Gasteiger partial charge on any atom is -0.405 e. The van der Waals surface area contributed by atoms with E-state index in [4.69, 9.17) is 13.9 Å². The molecule has 0 radical (unpaired) electrons. The van der Waals surface area contributed by atoms with Crippen LogP contribution in [0.5, 0.6) is 0 Å². The average Bonchev–Trinajstić information content (AvgIpc) is 3.42. The van der Waals surface area contributed by atoms with E-state index in [2.05, 4.69) is 61.9 Å².